The topological polar surface area (TPSA) is 117 Å². The Balaban J connectivity index is 1.46. The number of pyridine rings is 3. The molecule has 39 heavy (non-hydrogen) atoms. The van der Waals surface area contributed by atoms with Crippen molar-refractivity contribution in [3.63, 3.8) is 0 Å². The molecule has 0 aromatic carbocycles. The highest BCUT2D eigenvalue weighted by Crippen LogP contribution is 2.32. The van der Waals surface area contributed by atoms with Crippen LogP contribution in [0.5, 0.6) is 5.75 Å². The van der Waals surface area contributed by atoms with Crippen LogP contribution in [0, 0.1) is 17.1 Å². The smallest absolute Gasteiger partial charge is 0.161 e. The summed E-state index contributed by atoms with van der Waals surface area (Å²) in [6.45, 7) is 6.60. The highest BCUT2D eigenvalue weighted by atomic mass is 19.1. The first-order valence-corrected chi connectivity index (χ1v) is 12.4. The second kappa shape index (κ2) is 10.5. The Kier molecular flexibility index (Phi) is 6.96. The van der Waals surface area contributed by atoms with Crippen molar-refractivity contribution in [2.45, 2.75) is 32.9 Å². The molecule has 5 heterocycles. The van der Waals surface area contributed by atoms with Crippen molar-refractivity contribution in [3.8, 4) is 28.6 Å². The van der Waals surface area contributed by atoms with E-state index in [-0.39, 0.29) is 6.61 Å². The zero-order chi connectivity index (χ0) is 27.6. The van der Waals surface area contributed by atoms with Crippen molar-refractivity contribution < 1.29 is 14.2 Å². The number of aliphatic hydroxyl groups is 1. The molecule has 1 N–H and O–H groups in total. The van der Waals surface area contributed by atoms with Gasteiger partial charge in [0.2, 0.25) is 0 Å². The summed E-state index contributed by atoms with van der Waals surface area (Å²) < 4.78 is 22.5. The van der Waals surface area contributed by atoms with Crippen molar-refractivity contribution >= 4 is 11.3 Å². The number of nitriles is 1. The Bertz CT molecular complexity index is 1650. The van der Waals surface area contributed by atoms with Gasteiger partial charge in [-0.25, -0.2) is 18.6 Å². The summed E-state index contributed by atoms with van der Waals surface area (Å²) in [7, 11) is 0. The predicted molar refractivity (Wildman–Crippen MR) is 143 cm³/mol. The lowest BCUT2D eigenvalue weighted by atomic mass is 10.1. The van der Waals surface area contributed by atoms with Crippen LogP contribution in [0.2, 0.25) is 0 Å². The van der Waals surface area contributed by atoms with E-state index in [2.05, 4.69) is 26.2 Å². The molecule has 0 atom stereocenters. The van der Waals surface area contributed by atoms with Gasteiger partial charge in [-0.2, -0.15) is 15.5 Å². The molecule has 198 valence electrons. The number of ether oxygens (including phenoxy) is 1. The minimum atomic E-state index is -1.01. The molecule has 0 saturated carbocycles. The average Bonchev–Trinajstić information content (AvgIpc) is 3.56. The number of rotatable bonds is 9. The third-order valence-electron chi connectivity index (χ3n) is 6.10. The van der Waals surface area contributed by atoms with E-state index in [0.29, 0.717) is 29.9 Å². The monoisotopic (exact) mass is 526 g/mol. The van der Waals surface area contributed by atoms with Gasteiger partial charge in [-0.05, 0) is 45.0 Å². The summed E-state index contributed by atoms with van der Waals surface area (Å²) in [6, 6.07) is 9.65. The molecule has 10 nitrogen and oxygen atoms in total. The van der Waals surface area contributed by atoms with Crippen molar-refractivity contribution in [1.82, 2.24) is 29.4 Å². The number of anilines is 1. The molecular weight excluding hydrogens is 499 g/mol. The molecule has 0 bridgehead atoms. The SMILES string of the molecule is CCN(Cc1cnccc1-n1cc(F)cn1)c1ccc(-c2cc(OCC(C)(C)O)cn3ncc(C#N)c23)cn1. The van der Waals surface area contributed by atoms with Gasteiger partial charge in [0.05, 0.1) is 47.2 Å². The summed E-state index contributed by atoms with van der Waals surface area (Å²) in [4.78, 5) is 11.0. The van der Waals surface area contributed by atoms with Gasteiger partial charge in [-0.15, -0.1) is 0 Å². The maximum atomic E-state index is 13.6. The standard InChI is InChI=1S/C28H27FN8O2/c1-4-35(15-21-11-31-8-7-25(21)36-16-22(29)14-34-36)26-6-5-19(12-32-26)24-9-23(39-18-28(2,3)38)17-37-27(24)20(10-30)13-33-37/h5-9,11-14,16-17,38H,4,15,18H2,1-3H3. The van der Waals surface area contributed by atoms with Gasteiger partial charge in [0.1, 0.15) is 24.2 Å². The van der Waals surface area contributed by atoms with Gasteiger partial charge in [-0.3, -0.25) is 4.98 Å². The van der Waals surface area contributed by atoms with Gasteiger partial charge in [0, 0.05) is 48.4 Å². The van der Waals surface area contributed by atoms with Crippen LogP contribution in [0.25, 0.3) is 22.3 Å². The van der Waals surface area contributed by atoms with Gasteiger partial charge >= 0.3 is 0 Å². The molecule has 0 aliphatic carbocycles. The summed E-state index contributed by atoms with van der Waals surface area (Å²) in [5.41, 5.74) is 3.17. The first kappa shape index (κ1) is 25.8. The van der Waals surface area contributed by atoms with Crippen molar-refractivity contribution in [2.24, 2.45) is 0 Å². The lowest BCUT2D eigenvalue weighted by Crippen LogP contribution is -2.27. The fourth-order valence-electron chi connectivity index (χ4n) is 4.23. The first-order chi connectivity index (χ1) is 18.8. The predicted octanol–water partition coefficient (Wildman–Crippen LogP) is 4.16. The molecule has 0 fully saturated rings. The van der Waals surface area contributed by atoms with Crippen LogP contribution in [0.1, 0.15) is 31.9 Å². The fourth-order valence-corrected chi connectivity index (χ4v) is 4.23. The zero-order valence-electron chi connectivity index (χ0n) is 21.8. The molecule has 5 aromatic heterocycles. The number of aromatic nitrogens is 6. The Morgan fingerprint density at radius 1 is 1.13 bits per heavy atom. The molecule has 11 heteroatoms. The molecule has 0 unspecified atom stereocenters. The van der Waals surface area contributed by atoms with Crippen LogP contribution >= 0.6 is 0 Å². The Morgan fingerprint density at radius 3 is 2.64 bits per heavy atom. The lowest BCUT2D eigenvalue weighted by molar-refractivity contribution is 0.0283. The normalized spacial score (nSPS) is 11.5. The van der Waals surface area contributed by atoms with E-state index >= 15 is 0 Å². The lowest BCUT2D eigenvalue weighted by Gasteiger charge is -2.23. The maximum absolute atomic E-state index is 13.6. The molecule has 5 aromatic rings. The molecule has 0 amide bonds. The van der Waals surface area contributed by atoms with Crippen LogP contribution in [-0.4, -0.2) is 53.2 Å². The molecule has 0 saturated heterocycles. The summed E-state index contributed by atoms with van der Waals surface area (Å²) in [6.07, 6.45) is 10.8. The number of hydrogen-bond donors (Lipinski definition) is 1. The number of hydrogen-bond acceptors (Lipinski definition) is 8. The van der Waals surface area contributed by atoms with Gasteiger partial charge in [-0.1, -0.05) is 0 Å². The third-order valence-corrected chi connectivity index (χ3v) is 6.10. The van der Waals surface area contributed by atoms with Crippen LogP contribution in [0.15, 0.2) is 67.6 Å². The highest BCUT2D eigenvalue weighted by molar-refractivity contribution is 5.85. The van der Waals surface area contributed by atoms with Crippen molar-refractivity contribution in [1.29, 1.82) is 5.26 Å². The van der Waals surface area contributed by atoms with E-state index in [1.807, 2.05) is 25.1 Å². The quantitative estimate of drug-likeness (QED) is 0.304. The summed E-state index contributed by atoms with van der Waals surface area (Å²) >= 11 is 0. The minimum absolute atomic E-state index is 0.0917. The maximum Gasteiger partial charge on any atom is 0.161 e. The molecule has 0 radical (unpaired) electrons. The van der Waals surface area contributed by atoms with Gasteiger partial charge in [0.25, 0.3) is 0 Å². The van der Waals surface area contributed by atoms with E-state index < -0.39 is 11.4 Å². The summed E-state index contributed by atoms with van der Waals surface area (Å²) in [5.74, 6) is 0.830. The molecular formula is C28H27FN8O2. The molecule has 5 rings (SSSR count). The van der Waals surface area contributed by atoms with Gasteiger partial charge < -0.3 is 14.7 Å². The highest BCUT2D eigenvalue weighted by Gasteiger charge is 2.18. The Labute approximate surface area is 224 Å². The van der Waals surface area contributed by atoms with Crippen LogP contribution in [0.3, 0.4) is 0 Å². The second-order valence-corrected chi connectivity index (χ2v) is 9.68. The number of halogens is 1. The molecule has 0 aliphatic heterocycles. The molecule has 0 spiro atoms. The van der Waals surface area contributed by atoms with E-state index in [1.165, 1.54) is 23.3 Å². The minimum Gasteiger partial charge on any atom is -0.489 e. The van der Waals surface area contributed by atoms with E-state index in [9.17, 15) is 14.8 Å². The van der Waals surface area contributed by atoms with Crippen LogP contribution < -0.4 is 9.64 Å². The van der Waals surface area contributed by atoms with Crippen LogP contribution in [-0.2, 0) is 6.54 Å². The summed E-state index contributed by atoms with van der Waals surface area (Å²) in [5, 5.41) is 28.1. The molecule has 0 aliphatic rings. The third kappa shape index (κ3) is 5.56. The average molecular weight is 527 g/mol. The second-order valence-electron chi connectivity index (χ2n) is 9.68. The van der Waals surface area contributed by atoms with Gasteiger partial charge in [0.15, 0.2) is 5.82 Å². The van der Waals surface area contributed by atoms with E-state index in [1.54, 1.807) is 49.2 Å². The first-order valence-electron chi connectivity index (χ1n) is 12.4. The Morgan fingerprint density at radius 2 is 1.97 bits per heavy atom. The van der Waals surface area contributed by atoms with Crippen molar-refractivity contribution in [2.75, 3.05) is 18.1 Å². The van der Waals surface area contributed by atoms with E-state index in [0.717, 1.165) is 28.2 Å². The Hall–Kier alpha value is -4.82. The fraction of sp³-hybridized carbons (Fsp3) is 0.250. The van der Waals surface area contributed by atoms with Crippen molar-refractivity contribution in [3.05, 3.63) is 84.6 Å². The van der Waals surface area contributed by atoms with E-state index in [4.69, 9.17) is 9.72 Å². The number of fused-ring (bicyclic) bond motifs is 1. The zero-order valence-corrected chi connectivity index (χ0v) is 21.8. The largest absolute Gasteiger partial charge is 0.489 e. The number of nitrogens with zero attached hydrogens (tertiary/aromatic N) is 8. The van der Waals surface area contributed by atoms with Crippen LogP contribution in [0.4, 0.5) is 10.2 Å².